The van der Waals surface area contributed by atoms with Gasteiger partial charge in [-0.05, 0) is 44.1 Å². The van der Waals surface area contributed by atoms with Crippen molar-refractivity contribution in [3.05, 3.63) is 23.8 Å². The van der Waals surface area contributed by atoms with Crippen LogP contribution in [0.15, 0.2) is 18.2 Å². The Labute approximate surface area is 120 Å². The summed E-state index contributed by atoms with van der Waals surface area (Å²) in [6.07, 6.45) is 2.45. The molecule has 0 bridgehead atoms. The van der Waals surface area contributed by atoms with Crippen LogP contribution in [0.3, 0.4) is 0 Å². The molecule has 0 spiro atoms. The maximum Gasteiger partial charge on any atom is 0.337 e. The van der Waals surface area contributed by atoms with Crippen LogP contribution in [0.25, 0.3) is 0 Å². The number of likely N-dealkylation sites (N-methyl/N-ethyl adjacent to an activating group) is 1. The molecule has 0 aromatic heterocycles. The number of anilines is 2. The number of carbonyl (C=O) groups excluding carboxylic acids is 1. The van der Waals surface area contributed by atoms with Gasteiger partial charge in [-0.1, -0.05) is 6.92 Å². The first-order valence-electron chi connectivity index (χ1n) is 7.11. The predicted octanol–water partition coefficient (Wildman–Crippen LogP) is 1.95. The average Bonchev–Trinajstić information content (AvgIpc) is 2.93. The molecule has 0 aliphatic carbocycles. The number of likely N-dealkylation sites (tertiary alicyclic amines) is 1. The number of hydrogen-bond donors (Lipinski definition) is 2. The molecular weight excluding hydrogens is 254 g/mol. The highest BCUT2D eigenvalue weighted by Crippen LogP contribution is 2.22. The van der Waals surface area contributed by atoms with Crippen molar-refractivity contribution < 1.29 is 9.53 Å². The minimum absolute atomic E-state index is 0.343. The Balaban J connectivity index is 2.03. The molecule has 2 rings (SSSR count). The van der Waals surface area contributed by atoms with Gasteiger partial charge < -0.3 is 15.8 Å². The van der Waals surface area contributed by atoms with Crippen molar-refractivity contribution in [2.45, 2.75) is 25.8 Å². The summed E-state index contributed by atoms with van der Waals surface area (Å²) < 4.78 is 4.73. The number of benzene rings is 1. The van der Waals surface area contributed by atoms with Crippen LogP contribution in [0, 0.1) is 0 Å². The highest BCUT2D eigenvalue weighted by Gasteiger charge is 2.22. The van der Waals surface area contributed by atoms with E-state index in [1.165, 1.54) is 26.5 Å². The first-order chi connectivity index (χ1) is 9.65. The van der Waals surface area contributed by atoms with Crippen LogP contribution in [0.2, 0.25) is 0 Å². The fraction of sp³-hybridized carbons (Fsp3) is 0.533. The zero-order valence-corrected chi connectivity index (χ0v) is 12.2. The third-order valence-electron chi connectivity index (χ3n) is 3.91. The normalized spacial score (nSPS) is 19.0. The van der Waals surface area contributed by atoms with Crippen LogP contribution in [0.5, 0.6) is 0 Å². The summed E-state index contributed by atoms with van der Waals surface area (Å²) in [7, 11) is 1.38. The Morgan fingerprint density at radius 2 is 2.35 bits per heavy atom. The van der Waals surface area contributed by atoms with Crippen molar-refractivity contribution in [1.29, 1.82) is 0 Å². The van der Waals surface area contributed by atoms with E-state index in [2.05, 4.69) is 17.1 Å². The molecule has 5 nitrogen and oxygen atoms in total. The van der Waals surface area contributed by atoms with E-state index in [4.69, 9.17) is 10.5 Å². The molecule has 0 amide bonds. The molecule has 1 atom stereocenters. The largest absolute Gasteiger partial charge is 0.465 e. The van der Waals surface area contributed by atoms with Gasteiger partial charge in [0.05, 0.1) is 24.0 Å². The van der Waals surface area contributed by atoms with Crippen molar-refractivity contribution in [3.8, 4) is 0 Å². The predicted molar refractivity (Wildman–Crippen MR) is 81.0 cm³/mol. The Bertz CT molecular complexity index is 476. The zero-order valence-electron chi connectivity index (χ0n) is 12.2. The van der Waals surface area contributed by atoms with Crippen LogP contribution in [-0.2, 0) is 4.74 Å². The molecule has 0 saturated carbocycles. The molecular formula is C15H23N3O2. The number of nitrogens with zero attached hydrogens (tertiary/aromatic N) is 1. The number of nitrogen functional groups attached to an aromatic ring is 1. The summed E-state index contributed by atoms with van der Waals surface area (Å²) in [6, 6.07) is 5.72. The van der Waals surface area contributed by atoms with E-state index in [1.807, 2.05) is 0 Å². The van der Waals surface area contributed by atoms with E-state index in [0.29, 0.717) is 17.3 Å². The standard InChI is InChI=1S/C15H23N3O2/c1-3-18-8-4-5-12(18)10-17-14-9-11(15(19)20-2)6-7-13(14)16/h6-7,9,12,17H,3-5,8,10,16H2,1-2H3/t12-/m0/s1. The van der Waals surface area contributed by atoms with Gasteiger partial charge in [0.1, 0.15) is 0 Å². The Hall–Kier alpha value is -1.75. The van der Waals surface area contributed by atoms with Gasteiger partial charge in [-0.25, -0.2) is 4.79 Å². The molecule has 1 aromatic carbocycles. The number of nitrogens with one attached hydrogen (secondary N) is 1. The maximum absolute atomic E-state index is 11.5. The van der Waals surface area contributed by atoms with E-state index in [9.17, 15) is 4.79 Å². The lowest BCUT2D eigenvalue weighted by atomic mass is 10.1. The molecule has 1 aromatic rings. The number of rotatable bonds is 5. The average molecular weight is 277 g/mol. The molecule has 3 N–H and O–H groups in total. The molecule has 110 valence electrons. The zero-order chi connectivity index (χ0) is 14.5. The number of nitrogens with two attached hydrogens (primary N) is 1. The Kier molecular flexibility index (Phi) is 4.84. The van der Waals surface area contributed by atoms with Crippen molar-refractivity contribution in [1.82, 2.24) is 4.90 Å². The van der Waals surface area contributed by atoms with Crippen LogP contribution >= 0.6 is 0 Å². The molecule has 1 heterocycles. The summed E-state index contributed by atoms with van der Waals surface area (Å²) in [5, 5.41) is 3.36. The van der Waals surface area contributed by atoms with Gasteiger partial charge in [-0.3, -0.25) is 4.90 Å². The van der Waals surface area contributed by atoms with Gasteiger partial charge in [0, 0.05) is 12.6 Å². The van der Waals surface area contributed by atoms with E-state index in [1.54, 1.807) is 18.2 Å². The quantitative estimate of drug-likeness (QED) is 0.636. The molecule has 5 heteroatoms. The molecule has 1 fully saturated rings. The number of esters is 1. The minimum Gasteiger partial charge on any atom is -0.465 e. The van der Waals surface area contributed by atoms with Gasteiger partial charge >= 0.3 is 5.97 Å². The van der Waals surface area contributed by atoms with Crippen LogP contribution in [-0.4, -0.2) is 43.7 Å². The second kappa shape index (κ2) is 6.61. The van der Waals surface area contributed by atoms with Gasteiger partial charge in [0.2, 0.25) is 0 Å². The molecule has 0 radical (unpaired) electrons. The van der Waals surface area contributed by atoms with Crippen LogP contribution in [0.1, 0.15) is 30.1 Å². The van der Waals surface area contributed by atoms with Crippen molar-refractivity contribution >= 4 is 17.3 Å². The summed E-state index contributed by atoms with van der Waals surface area (Å²) in [4.78, 5) is 14.0. The number of carbonyl (C=O) groups is 1. The Morgan fingerprint density at radius 1 is 1.55 bits per heavy atom. The third kappa shape index (κ3) is 3.22. The molecule has 0 unspecified atom stereocenters. The first kappa shape index (κ1) is 14.7. The highest BCUT2D eigenvalue weighted by atomic mass is 16.5. The molecule has 20 heavy (non-hydrogen) atoms. The fourth-order valence-electron chi connectivity index (χ4n) is 2.72. The van der Waals surface area contributed by atoms with Crippen molar-refractivity contribution in [3.63, 3.8) is 0 Å². The van der Waals surface area contributed by atoms with Crippen molar-refractivity contribution in [2.24, 2.45) is 0 Å². The molecule has 1 aliphatic heterocycles. The number of methoxy groups -OCH3 is 1. The lowest BCUT2D eigenvalue weighted by Gasteiger charge is -2.23. The lowest BCUT2D eigenvalue weighted by Crippen LogP contribution is -2.34. The number of ether oxygens (including phenoxy) is 1. The minimum atomic E-state index is -0.343. The Morgan fingerprint density at radius 3 is 3.05 bits per heavy atom. The second-order valence-electron chi connectivity index (χ2n) is 5.10. The number of hydrogen-bond acceptors (Lipinski definition) is 5. The lowest BCUT2D eigenvalue weighted by molar-refractivity contribution is 0.0601. The van der Waals surface area contributed by atoms with Crippen molar-refractivity contribution in [2.75, 3.05) is 37.8 Å². The molecule has 1 saturated heterocycles. The second-order valence-corrected chi connectivity index (χ2v) is 5.10. The SMILES string of the molecule is CCN1CCC[C@H]1CNc1cc(C(=O)OC)ccc1N. The fourth-order valence-corrected chi connectivity index (χ4v) is 2.72. The van der Waals surface area contributed by atoms with Crippen LogP contribution < -0.4 is 11.1 Å². The van der Waals surface area contributed by atoms with E-state index >= 15 is 0 Å². The summed E-state index contributed by atoms with van der Waals surface area (Å²) >= 11 is 0. The van der Waals surface area contributed by atoms with Crippen LogP contribution in [0.4, 0.5) is 11.4 Å². The van der Waals surface area contributed by atoms with Gasteiger partial charge in [0.15, 0.2) is 0 Å². The monoisotopic (exact) mass is 277 g/mol. The third-order valence-corrected chi connectivity index (χ3v) is 3.91. The first-order valence-corrected chi connectivity index (χ1v) is 7.11. The van der Waals surface area contributed by atoms with Gasteiger partial charge in [0.25, 0.3) is 0 Å². The van der Waals surface area contributed by atoms with Gasteiger partial charge in [-0.2, -0.15) is 0 Å². The maximum atomic E-state index is 11.5. The topological polar surface area (TPSA) is 67.6 Å². The highest BCUT2D eigenvalue weighted by molar-refractivity contribution is 5.91. The summed E-state index contributed by atoms with van der Waals surface area (Å²) in [5.41, 5.74) is 7.92. The molecule has 1 aliphatic rings. The smallest absolute Gasteiger partial charge is 0.337 e. The van der Waals surface area contributed by atoms with Gasteiger partial charge in [-0.15, -0.1) is 0 Å². The van der Waals surface area contributed by atoms with E-state index < -0.39 is 0 Å². The summed E-state index contributed by atoms with van der Waals surface area (Å²) in [6.45, 7) is 5.28. The van der Waals surface area contributed by atoms with E-state index in [-0.39, 0.29) is 5.97 Å². The van der Waals surface area contributed by atoms with E-state index in [0.717, 1.165) is 18.8 Å². The summed E-state index contributed by atoms with van der Waals surface area (Å²) in [5.74, 6) is -0.343.